The van der Waals surface area contributed by atoms with Crippen molar-refractivity contribution in [1.82, 2.24) is 20.2 Å². The number of anilines is 4. The smallest absolute Gasteiger partial charge is 0.227 e. The third-order valence-electron chi connectivity index (χ3n) is 6.76. The summed E-state index contributed by atoms with van der Waals surface area (Å²) >= 11 is 1.53. The number of hydrogen-bond acceptors (Lipinski definition) is 7. The highest BCUT2D eigenvalue weighted by Gasteiger charge is 2.23. The number of benzene rings is 1. The van der Waals surface area contributed by atoms with Gasteiger partial charge in [-0.3, -0.25) is 9.89 Å². The topological polar surface area (TPSA) is 98.8 Å². The van der Waals surface area contributed by atoms with E-state index in [-0.39, 0.29) is 11.8 Å². The molecule has 3 aromatic rings. The van der Waals surface area contributed by atoms with E-state index < -0.39 is 0 Å². The van der Waals surface area contributed by atoms with Crippen molar-refractivity contribution in [3.8, 4) is 0 Å². The van der Waals surface area contributed by atoms with E-state index >= 15 is 0 Å². The second-order valence-electron chi connectivity index (χ2n) is 9.51. The molecule has 9 heteroatoms. The quantitative estimate of drug-likeness (QED) is 0.358. The molecule has 35 heavy (non-hydrogen) atoms. The number of carbonyl (C=O) groups is 1. The van der Waals surface area contributed by atoms with Crippen LogP contribution in [0, 0.1) is 19.8 Å². The van der Waals surface area contributed by atoms with E-state index in [1.54, 1.807) is 0 Å². The lowest BCUT2D eigenvalue weighted by Gasteiger charge is -2.29. The number of aromatic amines is 1. The molecule has 184 valence electrons. The number of carbonyl (C=O) groups excluding carboxylic acids is 1. The standard InChI is InChI=1S/C26H33N7OS/c1-17-16-22(32-31-17)28-23-18(2)24(33-14-6-3-7-15-33)30-26(29-23)35-21-12-10-20(11-13-21)27-25(34)19-8-4-5-9-19/h10-13,16,19H,3-9,14-15H2,1-2H3,(H,27,34)(H2,28,29,30,31,32). The number of aromatic nitrogens is 4. The first-order chi connectivity index (χ1) is 17.0. The molecular formula is C26H33N7OS. The van der Waals surface area contributed by atoms with Crippen molar-refractivity contribution in [2.24, 2.45) is 5.92 Å². The van der Waals surface area contributed by atoms with Crippen LogP contribution in [0.4, 0.5) is 23.1 Å². The predicted molar refractivity (Wildman–Crippen MR) is 141 cm³/mol. The number of nitrogens with one attached hydrogen (secondary N) is 3. The lowest BCUT2D eigenvalue weighted by atomic mass is 10.1. The van der Waals surface area contributed by atoms with E-state index in [1.807, 2.05) is 37.3 Å². The molecule has 2 fully saturated rings. The van der Waals surface area contributed by atoms with Crippen LogP contribution in [-0.2, 0) is 4.79 Å². The summed E-state index contributed by atoms with van der Waals surface area (Å²) in [6, 6.07) is 9.92. The Kier molecular flexibility index (Phi) is 7.22. The van der Waals surface area contributed by atoms with Crippen molar-refractivity contribution in [2.45, 2.75) is 68.8 Å². The summed E-state index contributed by atoms with van der Waals surface area (Å²) in [6.07, 6.45) is 7.93. The average molecular weight is 492 g/mol. The fourth-order valence-electron chi connectivity index (χ4n) is 4.81. The molecule has 0 atom stereocenters. The van der Waals surface area contributed by atoms with Crippen molar-refractivity contribution in [1.29, 1.82) is 0 Å². The van der Waals surface area contributed by atoms with Gasteiger partial charge >= 0.3 is 0 Å². The molecule has 2 aromatic heterocycles. The zero-order valence-electron chi connectivity index (χ0n) is 20.4. The van der Waals surface area contributed by atoms with Gasteiger partial charge in [0.15, 0.2) is 11.0 Å². The Hall–Kier alpha value is -3.07. The number of H-pyrrole nitrogens is 1. The molecule has 3 N–H and O–H groups in total. The first kappa shape index (κ1) is 23.7. The second kappa shape index (κ2) is 10.7. The van der Waals surface area contributed by atoms with Crippen molar-refractivity contribution >= 4 is 40.8 Å². The SMILES string of the molecule is Cc1cc(Nc2nc(Sc3ccc(NC(=O)C4CCCC4)cc3)nc(N3CCCCC3)c2C)n[nH]1. The predicted octanol–water partition coefficient (Wildman–Crippen LogP) is 5.83. The first-order valence-electron chi connectivity index (χ1n) is 12.6. The van der Waals surface area contributed by atoms with Crippen molar-refractivity contribution in [3.63, 3.8) is 0 Å². The fraction of sp³-hybridized carbons (Fsp3) is 0.462. The number of aryl methyl sites for hydroxylation is 1. The van der Waals surface area contributed by atoms with Crippen LogP contribution in [0.3, 0.4) is 0 Å². The van der Waals surface area contributed by atoms with Gasteiger partial charge in [0.25, 0.3) is 0 Å². The van der Waals surface area contributed by atoms with E-state index in [9.17, 15) is 4.79 Å². The normalized spacial score (nSPS) is 16.5. The van der Waals surface area contributed by atoms with Gasteiger partial charge in [-0.05, 0) is 82.0 Å². The van der Waals surface area contributed by atoms with Crippen molar-refractivity contribution < 1.29 is 4.79 Å². The number of piperidine rings is 1. The van der Waals surface area contributed by atoms with Crippen LogP contribution in [0.5, 0.6) is 0 Å². The Morgan fingerprint density at radius 2 is 1.77 bits per heavy atom. The van der Waals surface area contributed by atoms with Gasteiger partial charge in [-0.1, -0.05) is 12.8 Å². The highest BCUT2D eigenvalue weighted by Crippen LogP contribution is 2.34. The molecule has 0 spiro atoms. The molecule has 0 radical (unpaired) electrons. The summed E-state index contributed by atoms with van der Waals surface area (Å²) in [7, 11) is 0. The summed E-state index contributed by atoms with van der Waals surface area (Å²) in [6.45, 7) is 6.07. The largest absolute Gasteiger partial charge is 0.356 e. The third-order valence-corrected chi connectivity index (χ3v) is 7.64. The zero-order chi connectivity index (χ0) is 24.2. The third kappa shape index (κ3) is 5.78. The minimum absolute atomic E-state index is 0.139. The molecular weight excluding hydrogens is 458 g/mol. The Morgan fingerprint density at radius 3 is 2.46 bits per heavy atom. The molecule has 2 aliphatic rings. The molecule has 8 nitrogen and oxygen atoms in total. The maximum atomic E-state index is 12.4. The van der Waals surface area contributed by atoms with Gasteiger partial charge in [-0.25, -0.2) is 9.97 Å². The molecule has 3 heterocycles. The van der Waals surface area contributed by atoms with Crippen LogP contribution < -0.4 is 15.5 Å². The Bertz CT molecular complexity index is 1160. The summed E-state index contributed by atoms with van der Waals surface area (Å²) in [5.41, 5.74) is 2.85. The van der Waals surface area contributed by atoms with Gasteiger partial charge in [0.05, 0.1) is 0 Å². The maximum absolute atomic E-state index is 12.4. The molecule has 1 amide bonds. The van der Waals surface area contributed by atoms with Crippen LogP contribution in [0.2, 0.25) is 0 Å². The summed E-state index contributed by atoms with van der Waals surface area (Å²) in [5.74, 6) is 2.79. The average Bonchev–Trinajstić information content (AvgIpc) is 3.55. The van der Waals surface area contributed by atoms with Crippen molar-refractivity contribution in [3.05, 3.63) is 41.6 Å². The van der Waals surface area contributed by atoms with E-state index in [0.717, 1.165) is 78.1 Å². The highest BCUT2D eigenvalue weighted by molar-refractivity contribution is 7.99. The van der Waals surface area contributed by atoms with Crippen LogP contribution in [0.15, 0.2) is 40.4 Å². The zero-order valence-corrected chi connectivity index (χ0v) is 21.2. The molecule has 1 saturated carbocycles. The monoisotopic (exact) mass is 491 g/mol. The number of rotatable bonds is 7. The van der Waals surface area contributed by atoms with Crippen LogP contribution in [0.25, 0.3) is 0 Å². The minimum atomic E-state index is 0.139. The number of hydrogen-bond donors (Lipinski definition) is 3. The van der Waals surface area contributed by atoms with E-state index in [0.29, 0.717) is 5.16 Å². The molecule has 0 bridgehead atoms. The van der Waals surface area contributed by atoms with Gasteiger partial charge in [0.2, 0.25) is 5.91 Å². The summed E-state index contributed by atoms with van der Waals surface area (Å²) < 4.78 is 0. The Balaban J connectivity index is 1.35. The molecule has 5 rings (SSSR count). The molecule has 1 aliphatic carbocycles. The molecule has 0 unspecified atom stereocenters. The second-order valence-corrected chi connectivity index (χ2v) is 10.6. The summed E-state index contributed by atoms with van der Waals surface area (Å²) in [5, 5.41) is 14.4. The maximum Gasteiger partial charge on any atom is 0.227 e. The lowest BCUT2D eigenvalue weighted by Crippen LogP contribution is -2.31. The van der Waals surface area contributed by atoms with Crippen LogP contribution in [-0.4, -0.2) is 39.2 Å². The lowest BCUT2D eigenvalue weighted by molar-refractivity contribution is -0.119. The summed E-state index contributed by atoms with van der Waals surface area (Å²) in [4.78, 5) is 25.6. The number of nitrogens with zero attached hydrogens (tertiary/aromatic N) is 4. The molecule has 1 saturated heterocycles. The van der Waals surface area contributed by atoms with Gasteiger partial charge in [-0.2, -0.15) is 5.10 Å². The van der Waals surface area contributed by atoms with E-state index in [1.165, 1.54) is 31.0 Å². The molecule has 1 aliphatic heterocycles. The Labute approximate surface area is 210 Å². The van der Waals surface area contributed by atoms with Crippen LogP contribution in [0.1, 0.15) is 56.2 Å². The van der Waals surface area contributed by atoms with E-state index in [4.69, 9.17) is 9.97 Å². The Morgan fingerprint density at radius 1 is 1.03 bits per heavy atom. The minimum Gasteiger partial charge on any atom is -0.356 e. The van der Waals surface area contributed by atoms with Gasteiger partial charge in [0, 0.05) is 46.9 Å². The van der Waals surface area contributed by atoms with Crippen LogP contribution >= 0.6 is 11.8 Å². The van der Waals surface area contributed by atoms with Gasteiger partial charge < -0.3 is 15.5 Å². The van der Waals surface area contributed by atoms with E-state index in [2.05, 4.69) is 32.7 Å². The van der Waals surface area contributed by atoms with Gasteiger partial charge in [-0.15, -0.1) is 0 Å². The first-order valence-corrected chi connectivity index (χ1v) is 13.4. The van der Waals surface area contributed by atoms with Gasteiger partial charge in [0.1, 0.15) is 11.6 Å². The molecule has 1 aromatic carbocycles. The fourth-order valence-corrected chi connectivity index (χ4v) is 5.57. The highest BCUT2D eigenvalue weighted by atomic mass is 32.2. The van der Waals surface area contributed by atoms with Crippen molar-refractivity contribution in [2.75, 3.05) is 28.6 Å². The number of amides is 1.